The Balaban J connectivity index is 1.75. The molecule has 0 aliphatic carbocycles. The number of benzene rings is 2. The van der Waals surface area contributed by atoms with Gasteiger partial charge in [0.25, 0.3) is 5.91 Å². The summed E-state index contributed by atoms with van der Waals surface area (Å²) >= 11 is 0. The fourth-order valence-corrected chi connectivity index (χ4v) is 4.88. The molecule has 2 N–H and O–H groups in total. The smallest absolute Gasteiger partial charge is 0.325 e. The third kappa shape index (κ3) is 4.90. The number of hydrogen-bond acceptors (Lipinski definition) is 6. The van der Waals surface area contributed by atoms with Crippen LogP contribution in [0, 0.1) is 6.92 Å². The Morgan fingerprint density at radius 1 is 1.18 bits per heavy atom. The van der Waals surface area contributed by atoms with Gasteiger partial charge in [-0.1, -0.05) is 24.3 Å². The number of urea groups is 1. The number of carbonyl (C=O) groups is 3. The van der Waals surface area contributed by atoms with E-state index in [1.807, 2.05) is 0 Å². The van der Waals surface area contributed by atoms with Crippen molar-refractivity contribution in [2.45, 2.75) is 30.7 Å². The molecule has 0 spiro atoms. The molecule has 2 aromatic rings. The van der Waals surface area contributed by atoms with Gasteiger partial charge in [-0.15, -0.1) is 0 Å². The maximum absolute atomic E-state index is 13.1. The van der Waals surface area contributed by atoms with Crippen molar-refractivity contribution < 1.29 is 27.5 Å². The fraction of sp³-hybridized carbons (Fsp3) is 0.348. The van der Waals surface area contributed by atoms with Crippen LogP contribution < -0.4 is 15.4 Å². The highest BCUT2D eigenvalue weighted by Gasteiger charge is 2.48. The van der Waals surface area contributed by atoms with E-state index in [1.165, 1.54) is 27.3 Å². The number of sulfonamides is 1. The Hall–Kier alpha value is -3.44. The molecular weight excluding hydrogens is 460 g/mol. The number of anilines is 1. The number of carbonyl (C=O) groups excluding carboxylic acids is 3. The Labute approximate surface area is 198 Å². The Kier molecular flexibility index (Phi) is 6.99. The molecule has 11 heteroatoms. The number of imide groups is 1. The molecule has 0 saturated carbocycles. The molecule has 10 nitrogen and oxygen atoms in total. The van der Waals surface area contributed by atoms with E-state index in [1.54, 1.807) is 50.2 Å². The van der Waals surface area contributed by atoms with Gasteiger partial charge in [0.2, 0.25) is 15.9 Å². The predicted octanol–water partition coefficient (Wildman–Crippen LogP) is 1.75. The zero-order chi connectivity index (χ0) is 25.3. The molecule has 34 heavy (non-hydrogen) atoms. The number of hydrogen-bond donors (Lipinski definition) is 2. The van der Waals surface area contributed by atoms with E-state index < -0.39 is 40.0 Å². The quantitative estimate of drug-likeness (QED) is 0.546. The van der Waals surface area contributed by atoms with Gasteiger partial charge in [-0.2, -0.15) is 0 Å². The molecule has 1 fully saturated rings. The van der Waals surface area contributed by atoms with Crippen molar-refractivity contribution in [1.82, 2.24) is 14.5 Å². The molecule has 2 aromatic carbocycles. The molecule has 4 amide bonds. The minimum Gasteiger partial charge on any atom is -0.496 e. The van der Waals surface area contributed by atoms with Gasteiger partial charge in [0, 0.05) is 26.2 Å². The first-order chi connectivity index (χ1) is 15.9. The maximum Gasteiger partial charge on any atom is 0.325 e. The van der Waals surface area contributed by atoms with Crippen molar-refractivity contribution in [2.75, 3.05) is 33.1 Å². The highest BCUT2D eigenvalue weighted by Crippen LogP contribution is 2.27. The first-order valence-electron chi connectivity index (χ1n) is 10.5. The fourth-order valence-electron chi connectivity index (χ4n) is 3.74. The second kappa shape index (κ2) is 9.43. The van der Waals surface area contributed by atoms with Gasteiger partial charge in [0.1, 0.15) is 17.8 Å². The minimum atomic E-state index is -3.71. The minimum absolute atomic E-state index is 0.0506. The van der Waals surface area contributed by atoms with E-state index in [0.717, 1.165) is 14.8 Å². The summed E-state index contributed by atoms with van der Waals surface area (Å²) in [6, 6.07) is 11.0. The molecule has 1 heterocycles. The van der Waals surface area contributed by atoms with E-state index in [0.29, 0.717) is 11.3 Å². The largest absolute Gasteiger partial charge is 0.496 e. The van der Waals surface area contributed by atoms with Crippen LogP contribution in [0.5, 0.6) is 5.75 Å². The van der Waals surface area contributed by atoms with Crippen molar-refractivity contribution in [1.29, 1.82) is 0 Å². The molecule has 1 aliphatic heterocycles. The molecule has 1 atom stereocenters. The Morgan fingerprint density at radius 2 is 1.85 bits per heavy atom. The molecule has 0 radical (unpaired) electrons. The number of ether oxygens (including phenoxy) is 1. The molecule has 1 saturated heterocycles. The number of aryl methyl sites for hydroxylation is 1. The lowest BCUT2D eigenvalue weighted by Gasteiger charge is -2.22. The number of nitrogens with one attached hydrogen (secondary N) is 2. The molecule has 3 rings (SSSR count). The second-order valence-electron chi connectivity index (χ2n) is 8.46. The van der Waals surface area contributed by atoms with Crippen LogP contribution in [0.25, 0.3) is 0 Å². The monoisotopic (exact) mass is 488 g/mol. The number of amides is 4. The first-order valence-corrected chi connectivity index (χ1v) is 11.9. The van der Waals surface area contributed by atoms with E-state index in [-0.39, 0.29) is 17.0 Å². The third-order valence-electron chi connectivity index (χ3n) is 5.61. The van der Waals surface area contributed by atoms with Crippen molar-refractivity contribution in [3.63, 3.8) is 0 Å². The van der Waals surface area contributed by atoms with E-state index in [4.69, 9.17) is 4.74 Å². The number of methoxy groups -OCH3 is 1. The standard InChI is InChI=1S/C23H28N4O6S/c1-15-10-11-17(12-19(15)34(31,32)26(3)4)24-20(28)14-27-21(29)23(2,25-22(27)30)13-16-8-6-7-9-18(16)33-5/h6-12H,13-14H2,1-5H3,(H,24,28)(H,25,30). The van der Waals surface area contributed by atoms with Gasteiger partial charge in [0.15, 0.2) is 0 Å². The van der Waals surface area contributed by atoms with Gasteiger partial charge < -0.3 is 15.4 Å². The van der Waals surface area contributed by atoms with Crippen LogP contribution in [-0.2, 0) is 26.0 Å². The summed E-state index contributed by atoms with van der Waals surface area (Å²) in [6.07, 6.45) is 0.184. The van der Waals surface area contributed by atoms with Gasteiger partial charge in [-0.05, 0) is 43.2 Å². The van der Waals surface area contributed by atoms with Crippen LogP contribution in [0.15, 0.2) is 47.4 Å². The van der Waals surface area contributed by atoms with Crippen LogP contribution in [0.4, 0.5) is 10.5 Å². The van der Waals surface area contributed by atoms with E-state index >= 15 is 0 Å². The first kappa shape index (κ1) is 25.2. The van der Waals surface area contributed by atoms with Crippen LogP contribution in [0.1, 0.15) is 18.1 Å². The van der Waals surface area contributed by atoms with Crippen LogP contribution in [0.3, 0.4) is 0 Å². The average Bonchev–Trinajstić information content (AvgIpc) is 2.98. The van der Waals surface area contributed by atoms with Crippen molar-refractivity contribution in [2.24, 2.45) is 0 Å². The second-order valence-corrected chi connectivity index (χ2v) is 10.6. The summed E-state index contributed by atoms with van der Waals surface area (Å²) in [5.74, 6) is -0.592. The van der Waals surface area contributed by atoms with Gasteiger partial charge in [-0.3, -0.25) is 14.5 Å². The average molecular weight is 489 g/mol. The van der Waals surface area contributed by atoms with E-state index in [2.05, 4.69) is 10.6 Å². The molecule has 0 aromatic heterocycles. The van der Waals surface area contributed by atoms with Crippen molar-refractivity contribution >= 4 is 33.6 Å². The highest BCUT2D eigenvalue weighted by molar-refractivity contribution is 7.89. The lowest BCUT2D eigenvalue weighted by molar-refractivity contribution is -0.133. The molecule has 0 bridgehead atoms. The zero-order valence-corrected chi connectivity index (χ0v) is 20.5. The molecule has 1 aliphatic rings. The zero-order valence-electron chi connectivity index (χ0n) is 19.7. The Bertz CT molecular complexity index is 1240. The lowest BCUT2D eigenvalue weighted by atomic mass is 9.92. The van der Waals surface area contributed by atoms with E-state index in [9.17, 15) is 22.8 Å². The van der Waals surface area contributed by atoms with Crippen LogP contribution in [0.2, 0.25) is 0 Å². The SMILES string of the molecule is COc1ccccc1CC1(C)NC(=O)N(CC(=O)Nc2ccc(C)c(S(=O)(=O)N(C)C)c2)C1=O. The maximum atomic E-state index is 13.1. The van der Waals surface area contributed by atoms with Crippen molar-refractivity contribution in [3.05, 3.63) is 53.6 Å². The summed E-state index contributed by atoms with van der Waals surface area (Å²) in [4.78, 5) is 39.1. The number of nitrogens with zero attached hydrogens (tertiary/aromatic N) is 2. The van der Waals surface area contributed by atoms with Crippen LogP contribution >= 0.6 is 0 Å². The van der Waals surface area contributed by atoms with Crippen molar-refractivity contribution in [3.8, 4) is 5.75 Å². The van der Waals surface area contributed by atoms with Gasteiger partial charge in [-0.25, -0.2) is 17.5 Å². The molecule has 182 valence electrons. The summed E-state index contributed by atoms with van der Waals surface area (Å²) in [5.41, 5.74) is 0.248. The summed E-state index contributed by atoms with van der Waals surface area (Å²) < 4.78 is 31.5. The third-order valence-corrected chi connectivity index (χ3v) is 7.57. The van der Waals surface area contributed by atoms with Gasteiger partial charge in [0.05, 0.1) is 12.0 Å². The highest BCUT2D eigenvalue weighted by atomic mass is 32.2. The molecule has 1 unspecified atom stereocenters. The van der Waals surface area contributed by atoms with Crippen LogP contribution in [-0.4, -0.2) is 68.8 Å². The molecular formula is C23H28N4O6S. The number of rotatable bonds is 8. The normalized spacial score (nSPS) is 18.2. The number of para-hydroxylation sites is 1. The predicted molar refractivity (Wildman–Crippen MR) is 126 cm³/mol. The Morgan fingerprint density at radius 3 is 2.50 bits per heavy atom. The summed E-state index contributed by atoms with van der Waals surface area (Å²) in [7, 11) is 0.640. The summed E-state index contributed by atoms with van der Waals surface area (Å²) in [5, 5.41) is 5.23. The lowest BCUT2D eigenvalue weighted by Crippen LogP contribution is -2.46. The summed E-state index contributed by atoms with van der Waals surface area (Å²) in [6.45, 7) is 2.73. The topological polar surface area (TPSA) is 125 Å². The van der Waals surface area contributed by atoms with Gasteiger partial charge >= 0.3 is 6.03 Å².